The van der Waals surface area contributed by atoms with Crippen molar-refractivity contribution in [2.24, 2.45) is 0 Å². The van der Waals surface area contributed by atoms with Crippen molar-refractivity contribution in [3.63, 3.8) is 0 Å². The van der Waals surface area contributed by atoms with E-state index in [0.29, 0.717) is 21.4 Å². The van der Waals surface area contributed by atoms with Crippen LogP contribution < -0.4 is 4.46 Å². The molecule has 0 fully saturated rings. The van der Waals surface area contributed by atoms with E-state index in [0.717, 1.165) is 5.56 Å². The molecule has 0 N–H and O–H groups in total. The van der Waals surface area contributed by atoms with E-state index in [1.807, 2.05) is 31.2 Å². The van der Waals surface area contributed by atoms with Crippen molar-refractivity contribution >= 4 is 25.2 Å². The molecule has 0 radical (unpaired) electrons. The van der Waals surface area contributed by atoms with Crippen LogP contribution in [0.4, 0.5) is 0 Å². The standard InChI is InChI=1S/C10H12OSe/c1-3-9(11)8-6-4-5-7-10(8)12-2/h4-7H,3H2,1-2H3. The van der Waals surface area contributed by atoms with Crippen molar-refractivity contribution in [3.8, 4) is 0 Å². The van der Waals surface area contributed by atoms with Crippen molar-refractivity contribution < 1.29 is 4.79 Å². The summed E-state index contributed by atoms with van der Waals surface area (Å²) in [5, 5.41) is 0. The van der Waals surface area contributed by atoms with Crippen molar-refractivity contribution in [3.05, 3.63) is 29.8 Å². The first kappa shape index (κ1) is 9.50. The molecule has 12 heavy (non-hydrogen) atoms. The van der Waals surface area contributed by atoms with Crippen LogP contribution in [-0.4, -0.2) is 20.7 Å². The Morgan fingerprint density at radius 2 is 2.08 bits per heavy atom. The number of rotatable bonds is 3. The Hall–Kier alpha value is -0.591. The Labute approximate surface area is 79.3 Å². The molecule has 0 heterocycles. The van der Waals surface area contributed by atoms with E-state index >= 15 is 0 Å². The molecule has 0 aromatic heterocycles. The summed E-state index contributed by atoms with van der Waals surface area (Å²) in [6.45, 7) is 1.90. The number of hydrogen-bond acceptors (Lipinski definition) is 1. The maximum atomic E-state index is 11.4. The quantitative estimate of drug-likeness (QED) is 0.567. The Bertz CT molecular complexity index is 281. The molecule has 1 nitrogen and oxygen atoms in total. The fourth-order valence-corrected chi connectivity index (χ4v) is 2.36. The number of carbonyl (C=O) groups is 1. The Morgan fingerprint density at radius 3 is 2.67 bits per heavy atom. The molecular weight excluding hydrogens is 215 g/mol. The van der Waals surface area contributed by atoms with Crippen LogP contribution >= 0.6 is 0 Å². The predicted octanol–water partition coefficient (Wildman–Crippen LogP) is 1.66. The van der Waals surface area contributed by atoms with E-state index in [9.17, 15) is 4.79 Å². The molecule has 0 aliphatic rings. The molecule has 1 aromatic rings. The van der Waals surface area contributed by atoms with Crippen LogP contribution in [0.25, 0.3) is 0 Å². The first-order chi connectivity index (χ1) is 5.79. The zero-order chi connectivity index (χ0) is 8.97. The SMILES string of the molecule is CCC(=O)c1ccccc1[Se]C. The molecule has 0 saturated carbocycles. The van der Waals surface area contributed by atoms with Gasteiger partial charge in [-0.1, -0.05) is 0 Å². The Balaban J connectivity index is 3.04. The number of carbonyl (C=O) groups excluding carboxylic acids is 1. The molecule has 0 spiro atoms. The predicted molar refractivity (Wildman–Crippen MR) is 52.3 cm³/mol. The molecule has 0 saturated heterocycles. The second-order valence-electron chi connectivity index (χ2n) is 2.48. The van der Waals surface area contributed by atoms with Crippen molar-refractivity contribution in [1.82, 2.24) is 0 Å². The summed E-state index contributed by atoms with van der Waals surface area (Å²) >= 11 is 0.418. The first-order valence-electron chi connectivity index (χ1n) is 3.95. The van der Waals surface area contributed by atoms with Gasteiger partial charge in [-0.15, -0.1) is 0 Å². The van der Waals surface area contributed by atoms with E-state index in [2.05, 4.69) is 5.82 Å². The zero-order valence-electron chi connectivity index (χ0n) is 7.33. The second kappa shape index (κ2) is 4.44. The second-order valence-corrected chi connectivity index (χ2v) is 4.26. The van der Waals surface area contributed by atoms with Gasteiger partial charge in [0.25, 0.3) is 0 Å². The van der Waals surface area contributed by atoms with Crippen LogP contribution in [0.3, 0.4) is 0 Å². The summed E-state index contributed by atoms with van der Waals surface area (Å²) in [6.07, 6.45) is 0.604. The minimum absolute atomic E-state index is 0.259. The van der Waals surface area contributed by atoms with E-state index < -0.39 is 0 Å². The van der Waals surface area contributed by atoms with Gasteiger partial charge >= 0.3 is 79.0 Å². The fraction of sp³-hybridized carbons (Fsp3) is 0.300. The summed E-state index contributed by atoms with van der Waals surface area (Å²) < 4.78 is 1.22. The third-order valence-electron chi connectivity index (χ3n) is 1.73. The van der Waals surface area contributed by atoms with E-state index in [1.54, 1.807) is 0 Å². The summed E-state index contributed by atoms with van der Waals surface area (Å²) in [5.41, 5.74) is 0.919. The van der Waals surface area contributed by atoms with Gasteiger partial charge in [0.15, 0.2) is 0 Å². The Kier molecular flexibility index (Phi) is 3.51. The van der Waals surface area contributed by atoms with Gasteiger partial charge in [-0.3, -0.25) is 0 Å². The van der Waals surface area contributed by atoms with Gasteiger partial charge in [-0.25, -0.2) is 0 Å². The molecular formula is C10H12OSe. The van der Waals surface area contributed by atoms with Crippen LogP contribution in [-0.2, 0) is 0 Å². The van der Waals surface area contributed by atoms with Gasteiger partial charge in [0.1, 0.15) is 0 Å². The average molecular weight is 227 g/mol. The maximum absolute atomic E-state index is 11.4. The summed E-state index contributed by atoms with van der Waals surface area (Å²) in [7, 11) is 0. The van der Waals surface area contributed by atoms with Crippen LogP contribution in [0.1, 0.15) is 23.7 Å². The van der Waals surface area contributed by atoms with Gasteiger partial charge in [-0.2, -0.15) is 0 Å². The van der Waals surface area contributed by atoms with E-state index in [4.69, 9.17) is 0 Å². The topological polar surface area (TPSA) is 17.1 Å². The average Bonchev–Trinajstić information content (AvgIpc) is 2.16. The normalized spacial score (nSPS) is 9.83. The molecule has 1 aromatic carbocycles. The summed E-state index contributed by atoms with van der Waals surface area (Å²) in [5.74, 6) is 2.39. The number of Topliss-reactive ketones (excluding diaryl/α,β-unsaturated/α-hetero) is 1. The zero-order valence-corrected chi connectivity index (χ0v) is 9.05. The monoisotopic (exact) mass is 228 g/mol. The molecule has 0 amide bonds. The molecule has 0 aliphatic carbocycles. The van der Waals surface area contributed by atoms with Crippen molar-refractivity contribution in [2.75, 3.05) is 0 Å². The third kappa shape index (κ3) is 1.96. The Morgan fingerprint density at radius 1 is 1.42 bits per heavy atom. The number of hydrogen-bond donors (Lipinski definition) is 0. The molecule has 0 unspecified atom stereocenters. The molecule has 1 rings (SSSR count). The van der Waals surface area contributed by atoms with Gasteiger partial charge in [0.2, 0.25) is 0 Å². The summed E-state index contributed by atoms with van der Waals surface area (Å²) in [4.78, 5) is 11.4. The minimum atomic E-state index is 0.259. The van der Waals surface area contributed by atoms with E-state index in [-0.39, 0.29) is 5.78 Å². The van der Waals surface area contributed by atoms with Crippen LogP contribution in [0.2, 0.25) is 5.82 Å². The van der Waals surface area contributed by atoms with Gasteiger partial charge in [0.05, 0.1) is 0 Å². The van der Waals surface area contributed by atoms with Gasteiger partial charge in [-0.05, 0) is 0 Å². The van der Waals surface area contributed by atoms with Crippen LogP contribution in [0.5, 0.6) is 0 Å². The van der Waals surface area contributed by atoms with Crippen molar-refractivity contribution in [2.45, 2.75) is 19.2 Å². The summed E-state index contributed by atoms with van der Waals surface area (Å²) in [6, 6.07) is 7.89. The fourth-order valence-electron chi connectivity index (χ4n) is 1.07. The van der Waals surface area contributed by atoms with Crippen LogP contribution in [0.15, 0.2) is 24.3 Å². The number of benzene rings is 1. The van der Waals surface area contributed by atoms with Gasteiger partial charge < -0.3 is 0 Å². The van der Waals surface area contributed by atoms with Crippen LogP contribution in [0, 0.1) is 0 Å². The van der Waals surface area contributed by atoms with E-state index in [1.165, 1.54) is 4.46 Å². The van der Waals surface area contributed by atoms with Gasteiger partial charge in [0, 0.05) is 0 Å². The third-order valence-corrected chi connectivity index (χ3v) is 3.40. The molecule has 64 valence electrons. The molecule has 0 aliphatic heterocycles. The molecule has 0 atom stereocenters. The molecule has 0 bridgehead atoms. The first-order valence-corrected chi connectivity index (χ1v) is 6.52. The van der Waals surface area contributed by atoms with Crippen molar-refractivity contribution in [1.29, 1.82) is 0 Å². The molecule has 2 heteroatoms. The number of ketones is 1.